The van der Waals surface area contributed by atoms with Gasteiger partial charge in [0.15, 0.2) is 6.10 Å². The highest BCUT2D eigenvalue weighted by atomic mass is 16.4. The maximum absolute atomic E-state index is 11.1. The van der Waals surface area contributed by atoms with Gasteiger partial charge in [-0.25, -0.2) is 4.79 Å². The van der Waals surface area contributed by atoms with Gasteiger partial charge >= 0.3 is 5.97 Å². The van der Waals surface area contributed by atoms with Crippen molar-refractivity contribution in [2.75, 3.05) is 20.1 Å². The second-order valence-electron chi connectivity index (χ2n) is 3.03. The van der Waals surface area contributed by atoms with E-state index in [2.05, 4.69) is 5.32 Å². The van der Waals surface area contributed by atoms with Gasteiger partial charge in [-0.2, -0.15) is 0 Å². The van der Waals surface area contributed by atoms with E-state index in [1.54, 1.807) is 0 Å². The number of aliphatic carboxylic acids is 1. The molecule has 7 heteroatoms. The number of carboxylic acids is 1. The average molecular weight is 218 g/mol. The lowest BCUT2D eigenvalue weighted by atomic mass is 10.3. The quantitative estimate of drug-likeness (QED) is 0.496. The van der Waals surface area contributed by atoms with Crippen LogP contribution < -0.4 is 5.32 Å². The number of amides is 2. The van der Waals surface area contributed by atoms with Gasteiger partial charge in [-0.05, 0) is 0 Å². The number of nitrogens with zero attached hydrogens (tertiary/aromatic N) is 1. The maximum Gasteiger partial charge on any atom is 0.334 e. The van der Waals surface area contributed by atoms with Gasteiger partial charge < -0.3 is 20.4 Å². The minimum absolute atomic E-state index is 0.165. The molecule has 0 aromatic heterocycles. The molecule has 0 rings (SSSR count). The summed E-state index contributed by atoms with van der Waals surface area (Å²) in [6.45, 7) is 0.765. The molecule has 86 valence electrons. The molecule has 0 heterocycles. The van der Waals surface area contributed by atoms with Gasteiger partial charge in [0.05, 0.1) is 13.1 Å². The highest BCUT2D eigenvalue weighted by molar-refractivity contribution is 5.84. The molecule has 1 atom stereocenters. The first-order valence-corrected chi connectivity index (χ1v) is 4.24. The van der Waals surface area contributed by atoms with E-state index in [9.17, 15) is 14.4 Å². The SMILES string of the molecule is CC(=O)N(C)CC(=O)NCC(O)C(=O)O. The zero-order valence-corrected chi connectivity index (χ0v) is 8.56. The van der Waals surface area contributed by atoms with E-state index in [0.29, 0.717) is 0 Å². The fraction of sp³-hybridized carbons (Fsp3) is 0.625. The number of rotatable bonds is 5. The van der Waals surface area contributed by atoms with Crippen molar-refractivity contribution in [2.45, 2.75) is 13.0 Å². The van der Waals surface area contributed by atoms with Crippen LogP contribution in [-0.2, 0) is 14.4 Å². The number of carbonyl (C=O) groups excluding carboxylic acids is 2. The lowest BCUT2D eigenvalue weighted by Crippen LogP contribution is -2.42. The summed E-state index contributed by atoms with van der Waals surface area (Å²) in [6, 6.07) is 0. The molecule has 0 aliphatic carbocycles. The molecule has 0 aromatic carbocycles. The average Bonchev–Trinajstić information content (AvgIpc) is 2.13. The topological polar surface area (TPSA) is 107 Å². The lowest BCUT2D eigenvalue weighted by Gasteiger charge is -2.14. The van der Waals surface area contributed by atoms with Crippen molar-refractivity contribution in [1.29, 1.82) is 0 Å². The summed E-state index contributed by atoms with van der Waals surface area (Å²) in [7, 11) is 1.44. The largest absolute Gasteiger partial charge is 0.479 e. The van der Waals surface area contributed by atoms with Crippen molar-refractivity contribution >= 4 is 17.8 Å². The Balaban J connectivity index is 3.85. The molecule has 0 radical (unpaired) electrons. The zero-order valence-electron chi connectivity index (χ0n) is 8.56. The normalized spacial score (nSPS) is 11.7. The second-order valence-corrected chi connectivity index (χ2v) is 3.03. The summed E-state index contributed by atoms with van der Waals surface area (Å²) in [5.41, 5.74) is 0. The second kappa shape index (κ2) is 5.97. The van der Waals surface area contributed by atoms with Crippen LogP contribution in [0.15, 0.2) is 0 Å². The van der Waals surface area contributed by atoms with Gasteiger partial charge in [0.1, 0.15) is 0 Å². The third kappa shape index (κ3) is 5.63. The highest BCUT2D eigenvalue weighted by Gasteiger charge is 2.15. The van der Waals surface area contributed by atoms with E-state index in [-0.39, 0.29) is 19.0 Å². The Morgan fingerprint density at radius 2 is 1.93 bits per heavy atom. The van der Waals surface area contributed by atoms with E-state index >= 15 is 0 Å². The maximum atomic E-state index is 11.1. The number of aliphatic hydroxyl groups excluding tert-OH is 1. The van der Waals surface area contributed by atoms with Crippen LogP contribution in [0.3, 0.4) is 0 Å². The molecule has 0 aliphatic rings. The van der Waals surface area contributed by atoms with Crippen LogP contribution in [0.1, 0.15) is 6.92 Å². The molecule has 15 heavy (non-hydrogen) atoms. The van der Waals surface area contributed by atoms with Crippen molar-refractivity contribution in [1.82, 2.24) is 10.2 Å². The molecule has 3 N–H and O–H groups in total. The predicted octanol–water partition coefficient (Wildman–Crippen LogP) is -1.97. The number of likely N-dealkylation sites (N-methyl/N-ethyl adjacent to an activating group) is 1. The van der Waals surface area contributed by atoms with Gasteiger partial charge in [-0.15, -0.1) is 0 Å². The standard InChI is InChI=1S/C8H14N2O5/c1-5(11)10(2)4-7(13)9-3-6(12)8(14)15/h6,12H,3-4H2,1-2H3,(H,9,13)(H,14,15). The smallest absolute Gasteiger partial charge is 0.334 e. The Morgan fingerprint density at radius 1 is 1.40 bits per heavy atom. The molecular weight excluding hydrogens is 204 g/mol. The summed E-state index contributed by atoms with van der Waals surface area (Å²) in [6.07, 6.45) is -1.63. The van der Waals surface area contributed by atoms with Crippen LogP contribution in [0.25, 0.3) is 0 Å². The Morgan fingerprint density at radius 3 is 2.33 bits per heavy atom. The van der Waals surface area contributed by atoms with Crippen molar-refractivity contribution in [3.8, 4) is 0 Å². The van der Waals surface area contributed by atoms with Crippen molar-refractivity contribution in [3.63, 3.8) is 0 Å². The fourth-order valence-electron chi connectivity index (χ4n) is 0.680. The van der Waals surface area contributed by atoms with Crippen LogP contribution in [0.2, 0.25) is 0 Å². The Kier molecular flexibility index (Phi) is 5.32. The summed E-state index contributed by atoms with van der Waals surface area (Å²) in [5.74, 6) is -2.20. The number of carboxylic acid groups (broad SMARTS) is 1. The van der Waals surface area contributed by atoms with Crippen molar-refractivity contribution in [2.24, 2.45) is 0 Å². The van der Waals surface area contributed by atoms with E-state index in [4.69, 9.17) is 10.2 Å². The Bertz CT molecular complexity index is 266. The van der Waals surface area contributed by atoms with Gasteiger partial charge in [0.2, 0.25) is 11.8 Å². The van der Waals surface area contributed by atoms with Gasteiger partial charge in [0.25, 0.3) is 0 Å². The Hall–Kier alpha value is -1.63. The first-order valence-electron chi connectivity index (χ1n) is 4.24. The number of carbonyl (C=O) groups is 3. The van der Waals surface area contributed by atoms with Crippen LogP contribution in [-0.4, -0.2) is 59.1 Å². The van der Waals surface area contributed by atoms with Gasteiger partial charge in [0, 0.05) is 14.0 Å². The lowest BCUT2D eigenvalue weighted by molar-refractivity contribution is -0.146. The molecule has 7 nitrogen and oxygen atoms in total. The summed E-state index contributed by atoms with van der Waals surface area (Å²) in [4.78, 5) is 33.1. The minimum Gasteiger partial charge on any atom is -0.479 e. The molecule has 2 amide bonds. The number of hydrogen-bond donors (Lipinski definition) is 3. The first kappa shape index (κ1) is 13.4. The Labute approximate surface area is 86.7 Å². The summed E-state index contributed by atoms with van der Waals surface area (Å²) < 4.78 is 0. The summed E-state index contributed by atoms with van der Waals surface area (Å²) in [5, 5.41) is 19.3. The molecule has 0 fully saturated rings. The molecule has 0 saturated heterocycles. The van der Waals surface area contributed by atoms with E-state index < -0.39 is 18.0 Å². The number of nitrogens with one attached hydrogen (secondary N) is 1. The van der Waals surface area contributed by atoms with Crippen molar-refractivity contribution < 1.29 is 24.6 Å². The van der Waals surface area contributed by atoms with E-state index in [1.165, 1.54) is 18.9 Å². The summed E-state index contributed by atoms with van der Waals surface area (Å²) >= 11 is 0. The van der Waals surface area contributed by atoms with Crippen LogP contribution in [0.4, 0.5) is 0 Å². The third-order valence-corrected chi connectivity index (χ3v) is 1.70. The van der Waals surface area contributed by atoms with Crippen LogP contribution in [0, 0.1) is 0 Å². The van der Waals surface area contributed by atoms with Gasteiger partial charge in [-0.3, -0.25) is 9.59 Å². The van der Waals surface area contributed by atoms with E-state index in [0.717, 1.165) is 0 Å². The van der Waals surface area contributed by atoms with Crippen LogP contribution in [0.5, 0.6) is 0 Å². The third-order valence-electron chi connectivity index (χ3n) is 1.70. The van der Waals surface area contributed by atoms with Crippen molar-refractivity contribution in [3.05, 3.63) is 0 Å². The van der Waals surface area contributed by atoms with Crippen LogP contribution >= 0.6 is 0 Å². The number of hydrogen-bond acceptors (Lipinski definition) is 4. The first-order chi connectivity index (χ1) is 6.84. The fourth-order valence-corrected chi connectivity index (χ4v) is 0.680. The molecular formula is C8H14N2O5. The molecule has 0 bridgehead atoms. The highest BCUT2D eigenvalue weighted by Crippen LogP contribution is 1.84. The molecule has 0 aliphatic heterocycles. The zero-order chi connectivity index (χ0) is 12.0. The monoisotopic (exact) mass is 218 g/mol. The van der Waals surface area contributed by atoms with Gasteiger partial charge in [-0.1, -0.05) is 0 Å². The molecule has 1 unspecified atom stereocenters. The molecule has 0 saturated carbocycles. The molecule has 0 spiro atoms. The number of aliphatic hydroxyl groups is 1. The minimum atomic E-state index is -1.63. The van der Waals surface area contributed by atoms with E-state index in [1.807, 2.05) is 0 Å². The molecule has 0 aromatic rings. The predicted molar refractivity (Wildman–Crippen MR) is 50.0 cm³/mol.